The maximum Gasteiger partial charge on any atom is 0.157 e. The molecule has 2 atom stereocenters. The van der Waals surface area contributed by atoms with Crippen LogP contribution in [0.15, 0.2) is 4.99 Å². The van der Waals surface area contributed by atoms with E-state index in [1.807, 2.05) is 11.8 Å². The largest absolute Gasteiger partial charge is 0.376 e. The second kappa shape index (κ2) is 5.65. The number of rotatable bonds is 2. The maximum absolute atomic E-state index is 5.73. The average Bonchev–Trinajstić information content (AvgIpc) is 3.04. The number of hydrogen-bond donors (Lipinski definition) is 1. The Hall–Kier alpha value is -0.220. The van der Waals surface area contributed by atoms with Gasteiger partial charge >= 0.3 is 0 Å². The van der Waals surface area contributed by atoms with Crippen molar-refractivity contribution in [3.63, 3.8) is 0 Å². The Labute approximate surface area is 121 Å². The smallest absolute Gasteiger partial charge is 0.157 e. The van der Waals surface area contributed by atoms with Crippen molar-refractivity contribution in [3.8, 4) is 0 Å². The standard InChI is InChI=1S/C15H26N2OS/c1-11-5-7-15(8-6-11)10-19-14(17-15)16-12(2)13-4-3-9-18-13/h11-13H,3-10H2,1-2H3,(H,16,17). The van der Waals surface area contributed by atoms with Crippen molar-refractivity contribution < 1.29 is 4.74 Å². The summed E-state index contributed by atoms with van der Waals surface area (Å²) in [6, 6.07) is 0.301. The summed E-state index contributed by atoms with van der Waals surface area (Å²) >= 11 is 1.92. The number of thioether (sulfide) groups is 1. The van der Waals surface area contributed by atoms with Crippen LogP contribution in [0.25, 0.3) is 0 Å². The zero-order valence-electron chi connectivity index (χ0n) is 12.2. The lowest BCUT2D eigenvalue weighted by molar-refractivity contribution is 0.0952. The fourth-order valence-corrected chi connectivity index (χ4v) is 4.71. The molecule has 0 amide bonds. The lowest BCUT2D eigenvalue weighted by Crippen LogP contribution is -2.46. The molecular weight excluding hydrogens is 256 g/mol. The molecular formula is C15H26N2OS. The van der Waals surface area contributed by atoms with Gasteiger partial charge in [-0.3, -0.25) is 4.99 Å². The summed E-state index contributed by atoms with van der Waals surface area (Å²) in [5.74, 6) is 2.11. The topological polar surface area (TPSA) is 33.6 Å². The molecule has 0 aromatic heterocycles. The summed E-state index contributed by atoms with van der Waals surface area (Å²) in [4.78, 5) is 4.87. The van der Waals surface area contributed by atoms with E-state index in [0.29, 0.717) is 17.7 Å². The van der Waals surface area contributed by atoms with Gasteiger partial charge < -0.3 is 10.1 Å². The molecule has 2 saturated heterocycles. The minimum absolute atomic E-state index is 0.301. The molecule has 0 radical (unpaired) electrons. The number of ether oxygens (including phenoxy) is 1. The molecule has 108 valence electrons. The molecule has 2 aliphatic heterocycles. The van der Waals surface area contributed by atoms with Crippen LogP contribution in [0.4, 0.5) is 0 Å². The van der Waals surface area contributed by atoms with Crippen molar-refractivity contribution in [2.45, 2.75) is 70.1 Å². The third-order valence-corrected chi connectivity index (χ3v) is 6.09. The first-order chi connectivity index (χ1) is 9.17. The molecule has 2 unspecified atom stereocenters. The van der Waals surface area contributed by atoms with Gasteiger partial charge in [0.05, 0.1) is 12.1 Å². The van der Waals surface area contributed by atoms with Crippen LogP contribution in [0, 0.1) is 5.92 Å². The van der Waals surface area contributed by atoms with Crippen LogP contribution in [-0.4, -0.2) is 35.2 Å². The summed E-state index contributed by atoms with van der Waals surface area (Å²) < 4.78 is 5.73. The third-order valence-electron chi connectivity index (χ3n) is 4.91. The Morgan fingerprint density at radius 2 is 2.16 bits per heavy atom. The van der Waals surface area contributed by atoms with Crippen LogP contribution in [0.5, 0.6) is 0 Å². The summed E-state index contributed by atoms with van der Waals surface area (Å²) in [7, 11) is 0. The second-order valence-electron chi connectivity index (χ2n) is 6.60. The monoisotopic (exact) mass is 282 g/mol. The van der Waals surface area contributed by atoms with Crippen LogP contribution in [-0.2, 0) is 4.74 Å². The van der Waals surface area contributed by atoms with Crippen molar-refractivity contribution in [1.82, 2.24) is 5.32 Å². The fraction of sp³-hybridized carbons (Fsp3) is 0.933. The molecule has 3 aliphatic rings. The molecule has 0 aromatic carbocycles. The van der Waals surface area contributed by atoms with Crippen molar-refractivity contribution in [2.24, 2.45) is 10.9 Å². The fourth-order valence-electron chi connectivity index (χ4n) is 3.41. The molecule has 3 rings (SSSR count). The molecule has 19 heavy (non-hydrogen) atoms. The summed E-state index contributed by atoms with van der Waals surface area (Å²) in [6.07, 6.45) is 8.07. The van der Waals surface area contributed by atoms with Gasteiger partial charge in [0.2, 0.25) is 0 Å². The molecule has 0 aromatic rings. The van der Waals surface area contributed by atoms with Crippen LogP contribution >= 0.6 is 11.8 Å². The zero-order chi connectivity index (χ0) is 13.3. The summed E-state index contributed by atoms with van der Waals surface area (Å²) in [5.41, 5.74) is 0.353. The lowest BCUT2D eigenvalue weighted by atomic mass is 9.78. The van der Waals surface area contributed by atoms with E-state index >= 15 is 0 Å². The Morgan fingerprint density at radius 3 is 2.84 bits per heavy atom. The van der Waals surface area contributed by atoms with Gasteiger partial charge in [0.1, 0.15) is 0 Å². The molecule has 3 nitrogen and oxygen atoms in total. The first-order valence-corrected chi connectivity index (χ1v) is 8.76. The first kappa shape index (κ1) is 13.7. The summed E-state index contributed by atoms with van der Waals surface area (Å²) in [6.45, 7) is 5.49. The predicted molar refractivity (Wildman–Crippen MR) is 81.8 cm³/mol. The van der Waals surface area contributed by atoms with Gasteiger partial charge in [-0.25, -0.2) is 0 Å². The van der Waals surface area contributed by atoms with Crippen molar-refractivity contribution in [1.29, 1.82) is 0 Å². The SMILES string of the molecule is CC1CCC2(CC1)CSC(=NC(C)C1CCCO1)N2. The number of amidine groups is 1. The minimum Gasteiger partial charge on any atom is -0.376 e. The van der Waals surface area contributed by atoms with Crippen LogP contribution in [0.3, 0.4) is 0 Å². The van der Waals surface area contributed by atoms with Gasteiger partial charge in [0, 0.05) is 17.9 Å². The molecule has 3 fully saturated rings. The van der Waals surface area contributed by atoms with E-state index in [1.54, 1.807) is 0 Å². The van der Waals surface area contributed by atoms with Crippen LogP contribution < -0.4 is 5.32 Å². The lowest BCUT2D eigenvalue weighted by Gasteiger charge is -2.35. The highest BCUT2D eigenvalue weighted by atomic mass is 32.2. The summed E-state index contributed by atoms with van der Waals surface area (Å²) in [5, 5.41) is 4.90. The molecule has 4 heteroatoms. The number of nitrogens with one attached hydrogen (secondary N) is 1. The highest BCUT2D eigenvalue weighted by Gasteiger charge is 2.40. The first-order valence-electron chi connectivity index (χ1n) is 7.77. The Balaban J connectivity index is 1.58. The van der Waals surface area contributed by atoms with E-state index in [9.17, 15) is 0 Å². The van der Waals surface area contributed by atoms with Crippen LogP contribution in [0.1, 0.15) is 52.4 Å². The van der Waals surface area contributed by atoms with Crippen molar-refractivity contribution in [3.05, 3.63) is 0 Å². The minimum atomic E-state index is 0.301. The van der Waals surface area contributed by atoms with Gasteiger partial charge in [-0.2, -0.15) is 0 Å². The zero-order valence-corrected chi connectivity index (χ0v) is 13.0. The maximum atomic E-state index is 5.73. The molecule has 1 aliphatic carbocycles. The van der Waals surface area contributed by atoms with Gasteiger partial charge in [-0.15, -0.1) is 0 Å². The number of nitrogens with zero attached hydrogens (tertiary/aromatic N) is 1. The van der Waals surface area contributed by atoms with E-state index in [-0.39, 0.29) is 0 Å². The molecule has 2 heterocycles. The average molecular weight is 282 g/mol. The number of aliphatic imine (C=N–C) groups is 1. The van der Waals surface area contributed by atoms with E-state index in [0.717, 1.165) is 17.7 Å². The second-order valence-corrected chi connectivity index (χ2v) is 7.57. The van der Waals surface area contributed by atoms with Gasteiger partial charge in [0.15, 0.2) is 5.17 Å². The van der Waals surface area contributed by atoms with Crippen molar-refractivity contribution >= 4 is 16.9 Å². The van der Waals surface area contributed by atoms with E-state index in [4.69, 9.17) is 9.73 Å². The normalized spacial score (nSPS) is 42.7. The molecule has 1 spiro atoms. The van der Waals surface area contributed by atoms with Crippen molar-refractivity contribution in [2.75, 3.05) is 12.4 Å². The highest BCUT2D eigenvalue weighted by molar-refractivity contribution is 8.14. The van der Waals surface area contributed by atoms with Gasteiger partial charge in [-0.05, 0) is 51.4 Å². The third kappa shape index (κ3) is 3.10. The molecule has 1 N–H and O–H groups in total. The Bertz CT molecular complexity index is 344. The van der Waals surface area contributed by atoms with Gasteiger partial charge in [0.25, 0.3) is 0 Å². The van der Waals surface area contributed by atoms with E-state index in [1.165, 1.54) is 44.3 Å². The number of hydrogen-bond acceptors (Lipinski definition) is 3. The predicted octanol–water partition coefficient (Wildman–Crippen LogP) is 3.20. The highest BCUT2D eigenvalue weighted by Crippen LogP contribution is 2.38. The Kier molecular flexibility index (Phi) is 4.08. The van der Waals surface area contributed by atoms with E-state index in [2.05, 4.69) is 19.2 Å². The van der Waals surface area contributed by atoms with Crippen LogP contribution in [0.2, 0.25) is 0 Å². The quantitative estimate of drug-likeness (QED) is 0.844. The van der Waals surface area contributed by atoms with Gasteiger partial charge in [-0.1, -0.05) is 18.7 Å². The Morgan fingerprint density at radius 1 is 1.37 bits per heavy atom. The molecule has 1 saturated carbocycles. The molecule has 0 bridgehead atoms. The van der Waals surface area contributed by atoms with E-state index < -0.39 is 0 Å².